The number of hydrogen-bond donors (Lipinski definition) is 0. The van der Waals surface area contributed by atoms with Crippen LogP contribution in [0.15, 0.2) is 41.8 Å². The average Bonchev–Trinajstić information content (AvgIpc) is 2.28. The maximum absolute atomic E-state index is 4.21. The second-order valence-electron chi connectivity index (χ2n) is 4.26. The Labute approximate surface area is 98.9 Å². The summed E-state index contributed by atoms with van der Waals surface area (Å²) in [6, 6.07) is 2.12. The van der Waals surface area contributed by atoms with Crippen molar-refractivity contribution in [3.05, 3.63) is 52.9 Å². The third kappa shape index (κ3) is 3.65. The van der Waals surface area contributed by atoms with Crippen molar-refractivity contribution in [3.8, 4) is 0 Å². The van der Waals surface area contributed by atoms with Crippen LogP contribution in [-0.4, -0.2) is 4.98 Å². The summed E-state index contributed by atoms with van der Waals surface area (Å²) in [6.45, 7) is 8.55. The molecule has 16 heavy (non-hydrogen) atoms. The van der Waals surface area contributed by atoms with E-state index in [-0.39, 0.29) is 0 Å². The van der Waals surface area contributed by atoms with Crippen LogP contribution in [0.4, 0.5) is 0 Å². The summed E-state index contributed by atoms with van der Waals surface area (Å²) in [5.74, 6) is 0. The number of aromatic nitrogens is 1. The van der Waals surface area contributed by atoms with E-state index in [0.29, 0.717) is 0 Å². The first-order chi connectivity index (χ1) is 7.67. The highest BCUT2D eigenvalue weighted by atomic mass is 14.6. The topological polar surface area (TPSA) is 12.9 Å². The van der Waals surface area contributed by atoms with Gasteiger partial charge in [-0.15, -0.1) is 0 Å². The molecule has 0 radical (unpaired) electrons. The van der Waals surface area contributed by atoms with E-state index >= 15 is 0 Å². The molecule has 0 aromatic carbocycles. The number of allylic oxidation sites excluding steroid dienone is 4. The molecule has 86 valence electrons. The summed E-state index contributed by atoms with van der Waals surface area (Å²) in [7, 11) is 0. The number of hydrogen-bond acceptors (Lipinski definition) is 1. The van der Waals surface area contributed by atoms with Gasteiger partial charge in [-0.05, 0) is 56.4 Å². The van der Waals surface area contributed by atoms with Crippen molar-refractivity contribution in [1.82, 2.24) is 4.98 Å². The first-order valence-electron chi connectivity index (χ1n) is 5.89. The van der Waals surface area contributed by atoms with Crippen molar-refractivity contribution in [3.63, 3.8) is 0 Å². The van der Waals surface area contributed by atoms with Gasteiger partial charge < -0.3 is 0 Å². The Hall–Kier alpha value is -1.37. The molecule has 0 fully saturated rings. The average molecular weight is 215 g/mol. The maximum Gasteiger partial charge on any atom is 0.0305 e. The van der Waals surface area contributed by atoms with Crippen molar-refractivity contribution in [2.45, 2.75) is 40.5 Å². The van der Waals surface area contributed by atoms with Crippen molar-refractivity contribution in [2.75, 3.05) is 0 Å². The van der Waals surface area contributed by atoms with Gasteiger partial charge in [0.1, 0.15) is 0 Å². The molecule has 0 saturated heterocycles. The molecule has 0 aliphatic carbocycles. The lowest BCUT2D eigenvalue weighted by Crippen LogP contribution is -1.96. The third-order valence-corrected chi connectivity index (χ3v) is 2.62. The smallest absolute Gasteiger partial charge is 0.0305 e. The molecule has 1 heterocycles. The molecule has 0 saturated carbocycles. The fourth-order valence-electron chi connectivity index (χ4n) is 1.79. The van der Waals surface area contributed by atoms with Crippen LogP contribution in [0.1, 0.15) is 38.8 Å². The molecule has 0 amide bonds. The number of aryl methyl sites for hydroxylation is 1. The standard InChI is InChI=1S/C15H21N/c1-5-13(9-12(3)4)10-15-11-16-8-7-14(15)6-2/h5,7-9,11H,6,10H2,1-4H3/b13-5+. The zero-order valence-electron chi connectivity index (χ0n) is 10.7. The van der Waals surface area contributed by atoms with Crippen LogP contribution in [0.3, 0.4) is 0 Å². The minimum Gasteiger partial charge on any atom is -0.264 e. The van der Waals surface area contributed by atoms with E-state index < -0.39 is 0 Å². The van der Waals surface area contributed by atoms with E-state index in [9.17, 15) is 0 Å². The van der Waals surface area contributed by atoms with Crippen molar-refractivity contribution in [2.24, 2.45) is 0 Å². The van der Waals surface area contributed by atoms with E-state index in [4.69, 9.17) is 0 Å². The molecule has 0 spiro atoms. The van der Waals surface area contributed by atoms with Gasteiger partial charge in [-0.25, -0.2) is 0 Å². The molecule has 0 N–H and O–H groups in total. The minimum absolute atomic E-state index is 0.985. The number of pyridine rings is 1. The third-order valence-electron chi connectivity index (χ3n) is 2.62. The Kier molecular flexibility index (Phi) is 4.97. The first kappa shape index (κ1) is 12.7. The lowest BCUT2D eigenvalue weighted by molar-refractivity contribution is 1.03. The van der Waals surface area contributed by atoms with E-state index in [1.165, 1.54) is 22.3 Å². The molecular formula is C15H21N. The van der Waals surface area contributed by atoms with E-state index in [0.717, 1.165) is 12.8 Å². The summed E-state index contributed by atoms with van der Waals surface area (Å²) in [5.41, 5.74) is 5.45. The van der Waals surface area contributed by atoms with Crippen LogP contribution in [-0.2, 0) is 12.8 Å². The molecule has 0 aliphatic rings. The maximum atomic E-state index is 4.21. The van der Waals surface area contributed by atoms with E-state index in [2.05, 4.69) is 50.9 Å². The van der Waals surface area contributed by atoms with Crippen LogP contribution in [0.5, 0.6) is 0 Å². The molecule has 0 aliphatic heterocycles. The Morgan fingerprint density at radius 3 is 2.62 bits per heavy atom. The molecule has 0 unspecified atom stereocenters. The van der Waals surface area contributed by atoms with Gasteiger partial charge in [-0.2, -0.15) is 0 Å². The molecular weight excluding hydrogens is 194 g/mol. The van der Waals surface area contributed by atoms with Gasteiger partial charge >= 0.3 is 0 Å². The fraction of sp³-hybridized carbons (Fsp3) is 0.400. The largest absolute Gasteiger partial charge is 0.264 e. The van der Waals surface area contributed by atoms with Crippen molar-refractivity contribution < 1.29 is 0 Å². The molecule has 1 rings (SSSR count). The summed E-state index contributed by atoms with van der Waals surface area (Å²) in [5, 5.41) is 0. The normalized spacial score (nSPS) is 11.4. The Morgan fingerprint density at radius 1 is 1.31 bits per heavy atom. The molecule has 0 atom stereocenters. The summed E-state index contributed by atoms with van der Waals surface area (Å²) >= 11 is 0. The monoisotopic (exact) mass is 215 g/mol. The summed E-state index contributed by atoms with van der Waals surface area (Å²) < 4.78 is 0. The van der Waals surface area contributed by atoms with Crippen molar-refractivity contribution in [1.29, 1.82) is 0 Å². The highest BCUT2D eigenvalue weighted by molar-refractivity contribution is 5.33. The Balaban J connectivity index is 2.91. The number of rotatable bonds is 4. The van der Waals surface area contributed by atoms with Crippen LogP contribution >= 0.6 is 0 Å². The SMILES string of the molecule is C/C=C(\C=C(C)C)Cc1cnccc1CC. The Morgan fingerprint density at radius 2 is 2.06 bits per heavy atom. The van der Waals surface area contributed by atoms with E-state index in [1.807, 2.05) is 12.4 Å². The van der Waals surface area contributed by atoms with Gasteiger partial charge in [-0.3, -0.25) is 4.98 Å². The highest BCUT2D eigenvalue weighted by Gasteiger charge is 2.02. The molecule has 1 aromatic heterocycles. The van der Waals surface area contributed by atoms with Crippen LogP contribution in [0.25, 0.3) is 0 Å². The predicted molar refractivity (Wildman–Crippen MR) is 70.5 cm³/mol. The van der Waals surface area contributed by atoms with Crippen LogP contribution in [0.2, 0.25) is 0 Å². The molecule has 1 heteroatoms. The second-order valence-corrected chi connectivity index (χ2v) is 4.26. The second kappa shape index (κ2) is 6.26. The lowest BCUT2D eigenvalue weighted by Gasteiger charge is -2.08. The van der Waals surface area contributed by atoms with Gasteiger partial charge in [-0.1, -0.05) is 24.6 Å². The molecule has 1 aromatic rings. The van der Waals surface area contributed by atoms with Gasteiger partial charge in [0.15, 0.2) is 0 Å². The summed E-state index contributed by atoms with van der Waals surface area (Å²) in [4.78, 5) is 4.21. The molecule has 1 nitrogen and oxygen atoms in total. The first-order valence-corrected chi connectivity index (χ1v) is 5.89. The van der Waals surface area contributed by atoms with E-state index in [1.54, 1.807) is 0 Å². The van der Waals surface area contributed by atoms with Crippen LogP contribution < -0.4 is 0 Å². The van der Waals surface area contributed by atoms with Gasteiger partial charge in [0, 0.05) is 12.4 Å². The van der Waals surface area contributed by atoms with Gasteiger partial charge in [0.05, 0.1) is 0 Å². The highest BCUT2D eigenvalue weighted by Crippen LogP contribution is 2.15. The number of nitrogens with zero attached hydrogens (tertiary/aromatic N) is 1. The molecule has 0 bridgehead atoms. The van der Waals surface area contributed by atoms with Gasteiger partial charge in [0.25, 0.3) is 0 Å². The Bertz CT molecular complexity index is 396. The predicted octanol–water partition coefficient (Wildman–Crippen LogP) is 4.10. The van der Waals surface area contributed by atoms with Crippen LogP contribution in [0, 0.1) is 0 Å². The quantitative estimate of drug-likeness (QED) is 0.689. The zero-order valence-corrected chi connectivity index (χ0v) is 10.7. The summed E-state index contributed by atoms with van der Waals surface area (Å²) in [6.07, 6.45) is 10.3. The van der Waals surface area contributed by atoms with Gasteiger partial charge in [0.2, 0.25) is 0 Å². The lowest BCUT2D eigenvalue weighted by atomic mass is 9.99. The fourth-order valence-corrected chi connectivity index (χ4v) is 1.79. The minimum atomic E-state index is 0.985. The zero-order chi connectivity index (χ0) is 12.0. The van der Waals surface area contributed by atoms with Crippen molar-refractivity contribution >= 4 is 0 Å².